The molecule has 30 heavy (non-hydrogen) atoms. The highest BCUT2D eigenvalue weighted by molar-refractivity contribution is 7.89. The van der Waals surface area contributed by atoms with Crippen molar-refractivity contribution >= 4 is 15.9 Å². The molecule has 0 unspecified atom stereocenters. The van der Waals surface area contributed by atoms with Crippen molar-refractivity contribution in [1.29, 1.82) is 5.26 Å². The summed E-state index contributed by atoms with van der Waals surface area (Å²) in [5.74, 6) is -0.767. The first kappa shape index (κ1) is 21.9. The Balaban J connectivity index is 1.77. The number of amides is 1. The SMILES string of the molecule is CC(C)C[C@H](NS(=O)(=O)c1ccc(-c2ccc(F)cc2)cc1)C(=O)NC1(C#N)CC1. The molecule has 1 aliphatic rings. The largest absolute Gasteiger partial charge is 0.336 e. The third-order valence-electron chi connectivity index (χ3n) is 4.99. The first-order valence-electron chi connectivity index (χ1n) is 9.76. The third-order valence-corrected chi connectivity index (χ3v) is 6.48. The van der Waals surface area contributed by atoms with Gasteiger partial charge in [-0.2, -0.15) is 9.98 Å². The summed E-state index contributed by atoms with van der Waals surface area (Å²) in [6.07, 6.45) is 1.45. The highest BCUT2D eigenvalue weighted by atomic mass is 32.2. The molecule has 0 bridgehead atoms. The van der Waals surface area contributed by atoms with Crippen molar-refractivity contribution in [3.8, 4) is 17.2 Å². The molecule has 1 atom stereocenters. The van der Waals surface area contributed by atoms with Crippen LogP contribution in [0.5, 0.6) is 0 Å². The molecule has 2 aromatic rings. The fourth-order valence-electron chi connectivity index (χ4n) is 3.12. The van der Waals surface area contributed by atoms with E-state index in [2.05, 4.69) is 16.1 Å². The Kier molecular flexibility index (Phi) is 6.25. The molecule has 8 heteroatoms. The summed E-state index contributed by atoms with van der Waals surface area (Å²) in [7, 11) is -3.95. The monoisotopic (exact) mass is 429 g/mol. The molecule has 1 amide bonds. The second kappa shape index (κ2) is 8.54. The van der Waals surface area contributed by atoms with Gasteiger partial charge in [0.25, 0.3) is 0 Å². The van der Waals surface area contributed by atoms with Gasteiger partial charge >= 0.3 is 0 Å². The van der Waals surface area contributed by atoms with Gasteiger partial charge in [-0.25, -0.2) is 12.8 Å². The van der Waals surface area contributed by atoms with Crippen LogP contribution < -0.4 is 10.0 Å². The number of carbonyl (C=O) groups excluding carboxylic acids is 1. The molecule has 1 aliphatic carbocycles. The highest BCUT2D eigenvalue weighted by Crippen LogP contribution is 2.34. The summed E-state index contributed by atoms with van der Waals surface area (Å²) < 4.78 is 41.3. The fraction of sp³-hybridized carbons (Fsp3) is 0.364. The number of nitrogens with one attached hydrogen (secondary N) is 2. The van der Waals surface area contributed by atoms with Crippen LogP contribution in [0.4, 0.5) is 4.39 Å². The average Bonchev–Trinajstić information content (AvgIpc) is 3.47. The Bertz CT molecular complexity index is 1050. The molecular formula is C22H24FN3O3S. The lowest BCUT2D eigenvalue weighted by molar-refractivity contribution is -0.123. The molecule has 0 radical (unpaired) electrons. The minimum Gasteiger partial charge on any atom is -0.336 e. The van der Waals surface area contributed by atoms with Crippen molar-refractivity contribution in [3.63, 3.8) is 0 Å². The number of nitriles is 1. The molecular weight excluding hydrogens is 405 g/mol. The maximum absolute atomic E-state index is 13.1. The van der Waals surface area contributed by atoms with E-state index in [9.17, 15) is 22.9 Å². The number of sulfonamides is 1. The lowest BCUT2D eigenvalue weighted by Gasteiger charge is -2.21. The fourth-order valence-corrected chi connectivity index (χ4v) is 4.33. The summed E-state index contributed by atoms with van der Waals surface area (Å²) in [5.41, 5.74) is 0.640. The van der Waals surface area contributed by atoms with Crippen molar-refractivity contribution in [2.75, 3.05) is 0 Å². The predicted molar refractivity (Wildman–Crippen MR) is 111 cm³/mol. The molecule has 0 saturated heterocycles. The van der Waals surface area contributed by atoms with Crippen LogP contribution in [-0.4, -0.2) is 25.9 Å². The van der Waals surface area contributed by atoms with Gasteiger partial charge < -0.3 is 5.32 Å². The number of benzene rings is 2. The van der Waals surface area contributed by atoms with Gasteiger partial charge in [0.2, 0.25) is 15.9 Å². The van der Waals surface area contributed by atoms with E-state index in [0.29, 0.717) is 19.3 Å². The van der Waals surface area contributed by atoms with Crippen molar-refractivity contribution in [1.82, 2.24) is 10.0 Å². The normalized spacial score (nSPS) is 16.0. The Morgan fingerprint density at radius 2 is 1.63 bits per heavy atom. The van der Waals surface area contributed by atoms with Crippen LogP contribution in [0.1, 0.15) is 33.1 Å². The van der Waals surface area contributed by atoms with Gasteiger partial charge in [-0.05, 0) is 60.6 Å². The molecule has 6 nitrogen and oxygen atoms in total. The molecule has 1 saturated carbocycles. The van der Waals surface area contributed by atoms with Crippen LogP contribution >= 0.6 is 0 Å². The van der Waals surface area contributed by atoms with E-state index in [-0.39, 0.29) is 16.6 Å². The van der Waals surface area contributed by atoms with Crippen molar-refractivity contribution in [2.45, 2.75) is 49.6 Å². The molecule has 0 aromatic heterocycles. The zero-order chi connectivity index (χ0) is 21.9. The van der Waals surface area contributed by atoms with E-state index >= 15 is 0 Å². The van der Waals surface area contributed by atoms with E-state index in [1.807, 2.05) is 13.8 Å². The minimum atomic E-state index is -3.95. The van der Waals surface area contributed by atoms with Crippen molar-refractivity contribution < 1.29 is 17.6 Å². The molecule has 158 valence electrons. The molecule has 2 aromatic carbocycles. The Morgan fingerprint density at radius 1 is 1.10 bits per heavy atom. The number of hydrogen-bond donors (Lipinski definition) is 2. The maximum atomic E-state index is 13.1. The number of carbonyl (C=O) groups is 1. The van der Waals surface area contributed by atoms with Crippen LogP contribution in [0.3, 0.4) is 0 Å². The lowest BCUT2D eigenvalue weighted by Crippen LogP contribution is -2.50. The standard InChI is InChI=1S/C22H24FN3O3S/c1-15(2)13-20(21(27)25-22(14-24)11-12-22)26-30(28,29)19-9-5-17(6-10-19)16-3-7-18(23)8-4-16/h3-10,15,20,26H,11-13H2,1-2H3,(H,25,27)/t20-/m0/s1. The summed E-state index contributed by atoms with van der Waals surface area (Å²) in [4.78, 5) is 12.7. The van der Waals surface area contributed by atoms with Crippen molar-refractivity contribution in [3.05, 3.63) is 54.3 Å². The van der Waals surface area contributed by atoms with Gasteiger partial charge in [-0.1, -0.05) is 38.1 Å². The number of halogens is 1. The van der Waals surface area contributed by atoms with E-state index in [0.717, 1.165) is 11.1 Å². The quantitative estimate of drug-likeness (QED) is 0.672. The van der Waals surface area contributed by atoms with Crippen LogP contribution in [0.2, 0.25) is 0 Å². The highest BCUT2D eigenvalue weighted by Gasteiger charge is 2.46. The number of nitrogens with zero attached hydrogens (tertiary/aromatic N) is 1. The summed E-state index contributed by atoms with van der Waals surface area (Å²) in [6.45, 7) is 3.78. The maximum Gasteiger partial charge on any atom is 0.241 e. The Labute approximate surface area is 176 Å². The number of hydrogen-bond acceptors (Lipinski definition) is 4. The zero-order valence-corrected chi connectivity index (χ0v) is 17.7. The molecule has 1 fully saturated rings. The Morgan fingerprint density at radius 3 is 2.10 bits per heavy atom. The first-order chi connectivity index (χ1) is 14.1. The molecule has 3 rings (SSSR count). The Hall–Kier alpha value is -2.76. The summed E-state index contributed by atoms with van der Waals surface area (Å²) >= 11 is 0. The predicted octanol–water partition coefficient (Wildman–Crippen LogP) is 3.36. The van der Waals surface area contributed by atoms with Gasteiger partial charge in [0, 0.05) is 0 Å². The van der Waals surface area contributed by atoms with Crippen LogP contribution in [0.25, 0.3) is 11.1 Å². The second-order valence-electron chi connectivity index (χ2n) is 8.02. The number of rotatable bonds is 8. The van der Waals surface area contributed by atoms with Gasteiger partial charge in [0.1, 0.15) is 17.4 Å². The van der Waals surface area contributed by atoms with Crippen molar-refractivity contribution in [2.24, 2.45) is 5.92 Å². The smallest absolute Gasteiger partial charge is 0.241 e. The van der Waals surface area contributed by atoms with E-state index in [4.69, 9.17) is 0 Å². The zero-order valence-electron chi connectivity index (χ0n) is 16.9. The first-order valence-corrected chi connectivity index (χ1v) is 11.2. The summed E-state index contributed by atoms with van der Waals surface area (Å²) in [5, 5.41) is 11.9. The molecule has 2 N–H and O–H groups in total. The third kappa shape index (κ3) is 5.23. The van der Waals surface area contributed by atoms with Gasteiger partial charge in [0.15, 0.2) is 0 Å². The topological polar surface area (TPSA) is 99.1 Å². The van der Waals surface area contributed by atoms with Crippen LogP contribution in [0.15, 0.2) is 53.4 Å². The molecule has 0 aliphatic heterocycles. The lowest BCUT2D eigenvalue weighted by atomic mass is 10.0. The second-order valence-corrected chi connectivity index (χ2v) is 9.73. The minimum absolute atomic E-state index is 0.0244. The van der Waals surface area contributed by atoms with E-state index < -0.39 is 27.5 Å². The van der Waals surface area contributed by atoms with Crippen LogP contribution in [-0.2, 0) is 14.8 Å². The van der Waals surface area contributed by atoms with Crippen LogP contribution in [0, 0.1) is 23.1 Å². The van der Waals surface area contributed by atoms with E-state index in [1.165, 1.54) is 24.3 Å². The molecule has 0 heterocycles. The van der Waals surface area contributed by atoms with Gasteiger partial charge in [0.05, 0.1) is 11.0 Å². The average molecular weight is 430 g/mol. The van der Waals surface area contributed by atoms with Gasteiger partial charge in [-0.15, -0.1) is 0 Å². The van der Waals surface area contributed by atoms with E-state index in [1.54, 1.807) is 24.3 Å². The van der Waals surface area contributed by atoms with Gasteiger partial charge in [-0.3, -0.25) is 4.79 Å². The summed E-state index contributed by atoms with van der Waals surface area (Å²) in [6, 6.07) is 13.2. The molecule has 0 spiro atoms.